The highest BCUT2D eigenvalue weighted by Gasteiger charge is 2.41. The van der Waals surface area contributed by atoms with Gasteiger partial charge in [-0.15, -0.1) is 0 Å². The third kappa shape index (κ3) is 2.83. The Labute approximate surface area is 129 Å². The van der Waals surface area contributed by atoms with Crippen molar-refractivity contribution in [1.29, 1.82) is 0 Å². The van der Waals surface area contributed by atoms with Crippen molar-refractivity contribution < 1.29 is 18.8 Å². The lowest BCUT2D eigenvalue weighted by molar-refractivity contribution is -0.134. The van der Waals surface area contributed by atoms with Crippen LogP contribution in [0.15, 0.2) is 16.6 Å². The Balaban J connectivity index is 2.46. The highest BCUT2D eigenvalue weighted by Crippen LogP contribution is 2.30. The number of carbonyl (C=O) groups excluding carboxylic acids is 3. The van der Waals surface area contributed by atoms with Crippen molar-refractivity contribution in [3.05, 3.63) is 28.0 Å². The molecule has 0 bridgehead atoms. The van der Waals surface area contributed by atoms with Crippen LogP contribution >= 0.6 is 15.9 Å². The minimum Gasteiger partial charge on any atom is -0.277 e. The van der Waals surface area contributed by atoms with E-state index in [0.717, 1.165) is 11.0 Å². The van der Waals surface area contributed by atoms with E-state index >= 15 is 0 Å². The number of urea groups is 1. The maximum Gasteiger partial charge on any atom is 0.335 e. The molecule has 0 saturated carbocycles. The topological polar surface area (TPSA) is 66.5 Å². The number of carbonyl (C=O) groups is 3. The molecule has 1 atom stereocenters. The van der Waals surface area contributed by atoms with Gasteiger partial charge in [0.2, 0.25) is 11.8 Å². The lowest BCUT2D eigenvalue weighted by atomic mass is 9.98. The van der Waals surface area contributed by atoms with Gasteiger partial charge in [0.05, 0.1) is 10.2 Å². The molecule has 1 saturated heterocycles. The van der Waals surface area contributed by atoms with Crippen LogP contribution in [0.3, 0.4) is 0 Å². The molecule has 7 heteroatoms. The van der Waals surface area contributed by atoms with Gasteiger partial charge in [0, 0.05) is 0 Å². The lowest BCUT2D eigenvalue weighted by Crippen LogP contribution is -2.58. The number of imide groups is 2. The second-order valence-corrected chi connectivity index (χ2v) is 5.72. The predicted molar refractivity (Wildman–Crippen MR) is 78.3 cm³/mol. The molecule has 0 aromatic heterocycles. The molecular weight excluding hydrogens is 343 g/mol. The third-order valence-electron chi connectivity index (χ3n) is 3.33. The molecule has 0 aliphatic carbocycles. The maximum absolute atomic E-state index is 13.7. The van der Waals surface area contributed by atoms with E-state index in [2.05, 4.69) is 21.2 Å². The second-order valence-electron chi connectivity index (χ2n) is 4.86. The number of anilines is 1. The second kappa shape index (κ2) is 5.93. The van der Waals surface area contributed by atoms with Gasteiger partial charge in [-0.25, -0.2) is 14.1 Å². The minimum absolute atomic E-state index is 0.145. The number of barbiturate groups is 1. The van der Waals surface area contributed by atoms with E-state index in [0.29, 0.717) is 18.4 Å². The lowest BCUT2D eigenvalue weighted by Gasteiger charge is -2.31. The first-order chi connectivity index (χ1) is 9.86. The van der Waals surface area contributed by atoms with Crippen molar-refractivity contribution in [2.75, 3.05) is 4.90 Å². The highest BCUT2D eigenvalue weighted by atomic mass is 79.9. The molecule has 1 N–H and O–H groups in total. The van der Waals surface area contributed by atoms with Crippen LogP contribution in [-0.2, 0) is 9.59 Å². The van der Waals surface area contributed by atoms with E-state index in [1.807, 2.05) is 6.92 Å². The summed E-state index contributed by atoms with van der Waals surface area (Å²) >= 11 is 3.05. The van der Waals surface area contributed by atoms with Crippen molar-refractivity contribution in [1.82, 2.24) is 5.32 Å². The Bertz CT molecular complexity index is 633. The average Bonchev–Trinajstić information content (AvgIpc) is 2.40. The Morgan fingerprint density at radius 2 is 2.00 bits per heavy atom. The summed E-state index contributed by atoms with van der Waals surface area (Å²) in [4.78, 5) is 36.9. The molecule has 1 fully saturated rings. The maximum atomic E-state index is 13.7. The fraction of sp³-hybridized carbons (Fsp3) is 0.357. The molecule has 1 unspecified atom stereocenters. The summed E-state index contributed by atoms with van der Waals surface area (Å²) in [6, 6.07) is 1.74. The minimum atomic E-state index is -0.918. The van der Waals surface area contributed by atoms with Crippen molar-refractivity contribution in [3.63, 3.8) is 0 Å². The van der Waals surface area contributed by atoms with E-state index in [1.165, 1.54) is 6.07 Å². The van der Waals surface area contributed by atoms with Crippen LogP contribution < -0.4 is 10.2 Å². The Morgan fingerprint density at radius 3 is 2.62 bits per heavy atom. The van der Waals surface area contributed by atoms with Crippen LogP contribution in [0.2, 0.25) is 0 Å². The van der Waals surface area contributed by atoms with Gasteiger partial charge in [0.25, 0.3) is 0 Å². The first-order valence-electron chi connectivity index (χ1n) is 6.51. The largest absolute Gasteiger partial charge is 0.335 e. The number of rotatable bonds is 3. The van der Waals surface area contributed by atoms with Gasteiger partial charge in [-0.05, 0) is 47.0 Å². The summed E-state index contributed by atoms with van der Waals surface area (Å²) in [5.74, 6) is -2.72. The zero-order chi connectivity index (χ0) is 15.7. The first-order valence-corrected chi connectivity index (χ1v) is 7.30. The summed E-state index contributed by atoms with van der Waals surface area (Å²) in [6.45, 7) is 3.50. The number of amides is 4. The number of aryl methyl sites for hydroxylation is 1. The van der Waals surface area contributed by atoms with E-state index in [9.17, 15) is 18.8 Å². The molecule has 1 heterocycles. The number of nitrogens with one attached hydrogen (secondary N) is 1. The van der Waals surface area contributed by atoms with Crippen LogP contribution in [0.5, 0.6) is 0 Å². The Kier molecular flexibility index (Phi) is 4.41. The molecule has 1 aliphatic rings. The number of hydrogen-bond acceptors (Lipinski definition) is 3. The molecule has 4 amide bonds. The van der Waals surface area contributed by atoms with Gasteiger partial charge in [-0.1, -0.05) is 13.3 Å². The molecule has 0 radical (unpaired) electrons. The normalized spacial score (nSPS) is 19.0. The first kappa shape index (κ1) is 15.6. The van der Waals surface area contributed by atoms with E-state index in [-0.39, 0.29) is 10.2 Å². The number of halogens is 2. The Morgan fingerprint density at radius 1 is 1.33 bits per heavy atom. The molecular formula is C14H14BrFN2O3. The van der Waals surface area contributed by atoms with Crippen molar-refractivity contribution in [2.24, 2.45) is 5.92 Å². The van der Waals surface area contributed by atoms with Gasteiger partial charge < -0.3 is 0 Å². The summed E-state index contributed by atoms with van der Waals surface area (Å²) in [7, 11) is 0. The van der Waals surface area contributed by atoms with E-state index in [1.54, 1.807) is 6.92 Å². The predicted octanol–water partition coefficient (Wildman–Crippen LogP) is 2.90. The zero-order valence-electron chi connectivity index (χ0n) is 11.6. The van der Waals surface area contributed by atoms with Gasteiger partial charge in [-0.3, -0.25) is 14.9 Å². The van der Waals surface area contributed by atoms with Gasteiger partial charge >= 0.3 is 6.03 Å². The number of hydrogen-bond donors (Lipinski definition) is 1. The number of benzene rings is 1. The van der Waals surface area contributed by atoms with Crippen LogP contribution in [0, 0.1) is 18.7 Å². The van der Waals surface area contributed by atoms with Crippen LogP contribution in [0.4, 0.5) is 14.9 Å². The van der Waals surface area contributed by atoms with Gasteiger partial charge in [0.1, 0.15) is 11.7 Å². The molecule has 21 heavy (non-hydrogen) atoms. The molecule has 2 rings (SSSR count). The summed E-state index contributed by atoms with van der Waals surface area (Å²) in [5, 5.41) is 2.15. The smallest absolute Gasteiger partial charge is 0.277 e. The molecule has 112 valence electrons. The highest BCUT2D eigenvalue weighted by molar-refractivity contribution is 9.10. The SMILES string of the molecule is CCCC1C(=O)NC(=O)N(c2cc(F)c(Br)cc2C)C1=O. The quantitative estimate of drug-likeness (QED) is 0.846. The van der Waals surface area contributed by atoms with Crippen molar-refractivity contribution in [2.45, 2.75) is 26.7 Å². The van der Waals surface area contributed by atoms with Gasteiger partial charge in [0.15, 0.2) is 0 Å². The fourth-order valence-electron chi connectivity index (χ4n) is 2.26. The van der Waals surface area contributed by atoms with Crippen LogP contribution in [0.25, 0.3) is 0 Å². The zero-order valence-corrected chi connectivity index (χ0v) is 13.2. The van der Waals surface area contributed by atoms with Crippen molar-refractivity contribution in [3.8, 4) is 0 Å². The van der Waals surface area contributed by atoms with Gasteiger partial charge in [-0.2, -0.15) is 0 Å². The van der Waals surface area contributed by atoms with E-state index in [4.69, 9.17) is 0 Å². The standard InChI is InChI=1S/C14H14BrFN2O3/c1-3-4-8-12(19)17-14(21)18(13(8)20)11-6-10(16)9(15)5-7(11)2/h5-6,8H,3-4H2,1-2H3,(H,17,19,21). The number of nitrogens with zero attached hydrogens (tertiary/aromatic N) is 1. The van der Waals surface area contributed by atoms with Crippen molar-refractivity contribution >= 4 is 39.5 Å². The summed E-state index contributed by atoms with van der Waals surface area (Å²) in [6.07, 6.45) is 0.964. The average molecular weight is 357 g/mol. The molecule has 0 spiro atoms. The third-order valence-corrected chi connectivity index (χ3v) is 3.93. The van der Waals surface area contributed by atoms with Crippen LogP contribution in [0.1, 0.15) is 25.3 Å². The summed E-state index contributed by atoms with van der Waals surface area (Å²) in [5.41, 5.74) is 0.697. The summed E-state index contributed by atoms with van der Waals surface area (Å²) < 4.78 is 14.0. The molecule has 5 nitrogen and oxygen atoms in total. The monoisotopic (exact) mass is 356 g/mol. The fourth-order valence-corrected chi connectivity index (χ4v) is 2.72. The molecule has 1 aromatic rings. The van der Waals surface area contributed by atoms with E-state index < -0.39 is 29.6 Å². The molecule has 1 aliphatic heterocycles. The molecule has 1 aromatic carbocycles. The van der Waals surface area contributed by atoms with Crippen LogP contribution in [-0.4, -0.2) is 17.8 Å². The Hall–Kier alpha value is -1.76.